The van der Waals surface area contributed by atoms with Crippen LogP contribution in [0, 0.1) is 0 Å². The van der Waals surface area contributed by atoms with E-state index >= 15 is 0 Å². The Labute approximate surface area is 95.4 Å². The standard InChI is InChI=1S/C13H17NO2/c1-9(15-2)7-10-8-14-11-5-4-6-12(16-3)13(10)11/h4-6,8-9,14H,7H2,1-3H3. The molecule has 1 unspecified atom stereocenters. The predicted octanol–water partition coefficient (Wildman–Crippen LogP) is 2.75. The average Bonchev–Trinajstić information content (AvgIpc) is 2.72. The number of benzene rings is 1. The van der Waals surface area contributed by atoms with Crippen molar-refractivity contribution in [3.63, 3.8) is 0 Å². The van der Waals surface area contributed by atoms with Crippen LogP contribution in [0.5, 0.6) is 5.75 Å². The number of hydrogen-bond acceptors (Lipinski definition) is 2. The SMILES string of the molecule is COc1cccc2[nH]cc(CC(C)OC)c12. The van der Waals surface area contributed by atoms with Crippen LogP contribution < -0.4 is 4.74 Å². The second-order valence-corrected chi connectivity index (χ2v) is 3.95. The van der Waals surface area contributed by atoms with Gasteiger partial charge in [-0.15, -0.1) is 0 Å². The molecule has 1 heterocycles. The molecule has 0 aliphatic heterocycles. The van der Waals surface area contributed by atoms with Crippen LogP contribution in [0.3, 0.4) is 0 Å². The van der Waals surface area contributed by atoms with Crippen molar-refractivity contribution in [2.24, 2.45) is 0 Å². The van der Waals surface area contributed by atoms with Gasteiger partial charge in [0.1, 0.15) is 5.75 Å². The number of methoxy groups -OCH3 is 2. The van der Waals surface area contributed by atoms with E-state index in [0.29, 0.717) is 0 Å². The zero-order valence-corrected chi connectivity index (χ0v) is 9.91. The number of rotatable bonds is 4. The van der Waals surface area contributed by atoms with Gasteiger partial charge in [0.15, 0.2) is 0 Å². The van der Waals surface area contributed by atoms with E-state index in [1.165, 1.54) is 5.56 Å². The molecule has 1 aromatic heterocycles. The summed E-state index contributed by atoms with van der Waals surface area (Å²) >= 11 is 0. The van der Waals surface area contributed by atoms with Gasteiger partial charge in [-0.05, 0) is 24.6 Å². The first kappa shape index (κ1) is 11.0. The monoisotopic (exact) mass is 219 g/mol. The van der Waals surface area contributed by atoms with Crippen molar-refractivity contribution in [1.29, 1.82) is 0 Å². The molecule has 0 spiro atoms. The van der Waals surface area contributed by atoms with Crippen molar-refractivity contribution in [2.45, 2.75) is 19.4 Å². The Bertz CT molecular complexity index is 476. The molecule has 86 valence electrons. The van der Waals surface area contributed by atoms with Gasteiger partial charge >= 0.3 is 0 Å². The highest BCUT2D eigenvalue weighted by Gasteiger charge is 2.11. The summed E-state index contributed by atoms with van der Waals surface area (Å²) in [6, 6.07) is 6.02. The van der Waals surface area contributed by atoms with E-state index in [1.807, 2.05) is 18.3 Å². The lowest BCUT2D eigenvalue weighted by Crippen LogP contribution is -2.08. The van der Waals surface area contributed by atoms with Gasteiger partial charge in [-0.1, -0.05) is 6.07 Å². The molecule has 0 saturated carbocycles. The number of hydrogen-bond donors (Lipinski definition) is 1. The minimum absolute atomic E-state index is 0.212. The number of aromatic nitrogens is 1. The van der Waals surface area contributed by atoms with Crippen LogP contribution in [0.1, 0.15) is 12.5 Å². The molecule has 0 aliphatic carbocycles. The molecule has 16 heavy (non-hydrogen) atoms. The minimum atomic E-state index is 0.212. The summed E-state index contributed by atoms with van der Waals surface area (Å²) in [7, 11) is 3.43. The Balaban J connectivity index is 2.45. The molecule has 2 rings (SSSR count). The third kappa shape index (κ3) is 1.91. The molecule has 0 bridgehead atoms. The first-order valence-electron chi connectivity index (χ1n) is 5.42. The normalized spacial score (nSPS) is 12.9. The molecule has 3 nitrogen and oxygen atoms in total. The average molecular weight is 219 g/mol. The molecule has 3 heteroatoms. The summed E-state index contributed by atoms with van der Waals surface area (Å²) in [5, 5.41) is 1.16. The van der Waals surface area contributed by atoms with Gasteiger partial charge in [0, 0.05) is 30.6 Å². The zero-order chi connectivity index (χ0) is 11.5. The quantitative estimate of drug-likeness (QED) is 0.858. The van der Waals surface area contributed by atoms with Crippen LogP contribution in [-0.2, 0) is 11.2 Å². The Morgan fingerprint density at radius 3 is 2.81 bits per heavy atom. The highest BCUT2D eigenvalue weighted by Crippen LogP contribution is 2.29. The molecule has 1 atom stereocenters. The van der Waals surface area contributed by atoms with E-state index in [0.717, 1.165) is 23.1 Å². The molecule has 0 radical (unpaired) electrons. The van der Waals surface area contributed by atoms with Crippen molar-refractivity contribution in [3.05, 3.63) is 30.0 Å². The van der Waals surface area contributed by atoms with Gasteiger partial charge in [-0.3, -0.25) is 0 Å². The Morgan fingerprint density at radius 1 is 1.31 bits per heavy atom. The van der Waals surface area contributed by atoms with E-state index in [2.05, 4.69) is 18.0 Å². The van der Waals surface area contributed by atoms with Gasteiger partial charge in [0.2, 0.25) is 0 Å². The molecule has 1 N–H and O–H groups in total. The van der Waals surface area contributed by atoms with Gasteiger partial charge in [-0.25, -0.2) is 0 Å². The van der Waals surface area contributed by atoms with Crippen molar-refractivity contribution in [1.82, 2.24) is 4.98 Å². The second-order valence-electron chi connectivity index (χ2n) is 3.95. The minimum Gasteiger partial charge on any atom is -0.496 e. The molecular formula is C13H17NO2. The Morgan fingerprint density at radius 2 is 2.12 bits per heavy atom. The lowest BCUT2D eigenvalue weighted by Gasteiger charge is -2.09. The van der Waals surface area contributed by atoms with Crippen LogP contribution in [0.25, 0.3) is 10.9 Å². The van der Waals surface area contributed by atoms with Crippen LogP contribution in [-0.4, -0.2) is 25.3 Å². The highest BCUT2D eigenvalue weighted by atomic mass is 16.5. The van der Waals surface area contributed by atoms with Gasteiger partial charge in [0.05, 0.1) is 13.2 Å². The first-order chi connectivity index (χ1) is 7.76. The molecule has 0 saturated heterocycles. The van der Waals surface area contributed by atoms with E-state index in [1.54, 1.807) is 14.2 Å². The van der Waals surface area contributed by atoms with Crippen molar-refractivity contribution in [2.75, 3.05) is 14.2 Å². The van der Waals surface area contributed by atoms with Crippen LogP contribution in [0.15, 0.2) is 24.4 Å². The summed E-state index contributed by atoms with van der Waals surface area (Å²) in [5.74, 6) is 0.914. The summed E-state index contributed by atoms with van der Waals surface area (Å²) in [6.07, 6.45) is 3.13. The lowest BCUT2D eigenvalue weighted by atomic mass is 10.1. The lowest BCUT2D eigenvalue weighted by molar-refractivity contribution is 0.119. The molecule has 2 aromatic rings. The molecule has 0 amide bonds. The maximum Gasteiger partial charge on any atom is 0.128 e. The van der Waals surface area contributed by atoms with E-state index < -0.39 is 0 Å². The zero-order valence-electron chi connectivity index (χ0n) is 9.91. The van der Waals surface area contributed by atoms with Gasteiger partial charge in [0.25, 0.3) is 0 Å². The van der Waals surface area contributed by atoms with Crippen molar-refractivity contribution >= 4 is 10.9 Å². The fourth-order valence-corrected chi connectivity index (χ4v) is 1.94. The summed E-state index contributed by atoms with van der Waals surface area (Å²) in [6.45, 7) is 2.06. The topological polar surface area (TPSA) is 34.2 Å². The van der Waals surface area contributed by atoms with Crippen LogP contribution >= 0.6 is 0 Å². The molecular weight excluding hydrogens is 202 g/mol. The second kappa shape index (κ2) is 4.58. The number of fused-ring (bicyclic) bond motifs is 1. The molecule has 0 aliphatic rings. The van der Waals surface area contributed by atoms with Gasteiger partial charge < -0.3 is 14.5 Å². The third-order valence-corrected chi connectivity index (χ3v) is 2.88. The Kier molecular flexibility index (Phi) is 3.15. The molecule has 0 fully saturated rings. The largest absolute Gasteiger partial charge is 0.496 e. The van der Waals surface area contributed by atoms with Crippen molar-refractivity contribution < 1.29 is 9.47 Å². The number of ether oxygens (including phenoxy) is 2. The molecule has 1 aromatic carbocycles. The number of nitrogens with one attached hydrogen (secondary N) is 1. The summed E-state index contributed by atoms with van der Waals surface area (Å²) in [4.78, 5) is 3.26. The van der Waals surface area contributed by atoms with E-state index in [9.17, 15) is 0 Å². The first-order valence-corrected chi connectivity index (χ1v) is 5.42. The smallest absolute Gasteiger partial charge is 0.128 e. The third-order valence-electron chi connectivity index (χ3n) is 2.88. The fourth-order valence-electron chi connectivity index (χ4n) is 1.94. The number of aromatic amines is 1. The highest BCUT2D eigenvalue weighted by molar-refractivity contribution is 5.89. The van der Waals surface area contributed by atoms with Crippen molar-refractivity contribution in [3.8, 4) is 5.75 Å². The van der Waals surface area contributed by atoms with Gasteiger partial charge in [-0.2, -0.15) is 0 Å². The van der Waals surface area contributed by atoms with Crippen LogP contribution in [0.4, 0.5) is 0 Å². The van der Waals surface area contributed by atoms with E-state index in [-0.39, 0.29) is 6.10 Å². The maximum absolute atomic E-state index is 5.38. The summed E-state index contributed by atoms with van der Waals surface area (Å²) in [5.41, 5.74) is 2.35. The number of H-pyrrole nitrogens is 1. The maximum atomic E-state index is 5.38. The fraction of sp³-hybridized carbons (Fsp3) is 0.385. The van der Waals surface area contributed by atoms with Crippen LogP contribution in [0.2, 0.25) is 0 Å². The Hall–Kier alpha value is -1.48. The summed E-state index contributed by atoms with van der Waals surface area (Å²) < 4.78 is 10.7. The predicted molar refractivity (Wildman–Crippen MR) is 65.0 cm³/mol. The van der Waals surface area contributed by atoms with E-state index in [4.69, 9.17) is 9.47 Å².